The number of nitrogens with zero attached hydrogens (tertiary/aromatic N) is 3. The average Bonchev–Trinajstić information content (AvgIpc) is 3.20. The predicted molar refractivity (Wildman–Crippen MR) is 104 cm³/mol. The summed E-state index contributed by atoms with van der Waals surface area (Å²) >= 11 is 0. The minimum absolute atomic E-state index is 0.531. The number of carbonyl (C=O) groups excluding carboxylic acids is 1. The van der Waals surface area contributed by atoms with Crippen LogP contribution in [0.2, 0.25) is 0 Å². The molecule has 4 rings (SSSR count). The predicted octanol–water partition coefficient (Wildman–Crippen LogP) is 4.66. The lowest BCUT2D eigenvalue weighted by Crippen LogP contribution is -1.92. The zero-order valence-corrected chi connectivity index (χ0v) is 14.8. The van der Waals surface area contributed by atoms with E-state index in [2.05, 4.69) is 39.4 Å². The number of rotatable bonds is 7. The molecule has 134 valence electrons. The molecule has 0 unspecified atom stereocenters. The van der Waals surface area contributed by atoms with Gasteiger partial charge in [-0.25, -0.2) is 0 Å². The van der Waals surface area contributed by atoms with Crippen molar-refractivity contribution in [1.82, 2.24) is 15.1 Å². The van der Waals surface area contributed by atoms with Crippen molar-refractivity contribution >= 4 is 17.2 Å². The average molecular weight is 357 g/mol. The number of hydrogen-bond acceptors (Lipinski definition) is 5. The Morgan fingerprint density at radius 2 is 1.78 bits per heavy atom. The Kier molecular flexibility index (Phi) is 5.01. The van der Waals surface area contributed by atoms with Crippen LogP contribution in [0, 0.1) is 0 Å². The van der Waals surface area contributed by atoms with Crippen molar-refractivity contribution in [3.63, 3.8) is 0 Å². The van der Waals surface area contributed by atoms with Crippen LogP contribution in [-0.2, 0) is 12.8 Å². The fraction of sp³-hybridized carbons (Fsp3) is 0.182. The lowest BCUT2D eigenvalue weighted by Gasteiger charge is -2.03. The molecule has 0 aliphatic carbocycles. The minimum Gasteiger partial charge on any atom is -0.339 e. The van der Waals surface area contributed by atoms with Gasteiger partial charge in [0.25, 0.3) is 0 Å². The fourth-order valence-corrected chi connectivity index (χ4v) is 3.20. The van der Waals surface area contributed by atoms with Gasteiger partial charge in [-0.3, -0.25) is 9.78 Å². The van der Waals surface area contributed by atoms with Crippen LogP contribution in [-0.4, -0.2) is 21.4 Å². The third-order valence-electron chi connectivity index (χ3n) is 4.59. The molecule has 0 fully saturated rings. The summed E-state index contributed by atoms with van der Waals surface area (Å²) in [7, 11) is 0. The molecule has 27 heavy (non-hydrogen) atoms. The molecule has 0 radical (unpaired) electrons. The summed E-state index contributed by atoms with van der Waals surface area (Å²) in [6.07, 6.45) is 6.35. The molecular formula is C22H19N3O2. The molecule has 0 spiro atoms. The van der Waals surface area contributed by atoms with E-state index in [-0.39, 0.29) is 0 Å². The summed E-state index contributed by atoms with van der Waals surface area (Å²) in [5.74, 6) is 1.16. The molecule has 5 nitrogen and oxygen atoms in total. The van der Waals surface area contributed by atoms with Crippen molar-refractivity contribution in [2.75, 3.05) is 0 Å². The molecule has 0 atom stereocenters. The van der Waals surface area contributed by atoms with E-state index in [0.717, 1.165) is 42.9 Å². The molecule has 0 bridgehead atoms. The van der Waals surface area contributed by atoms with E-state index < -0.39 is 0 Å². The van der Waals surface area contributed by atoms with Gasteiger partial charge < -0.3 is 4.52 Å². The molecule has 0 aliphatic rings. The standard InChI is InChI=1S/C22H19N3O2/c26-15-17-12-13-19(18-10-6-14-23-21(17)18)22-24-20(27-25-22)11-5-4-9-16-7-2-1-3-8-16/h1-3,6-8,10,12-15H,4-5,9,11H2. The number of hydrogen-bond donors (Lipinski definition) is 0. The zero-order valence-electron chi connectivity index (χ0n) is 14.8. The molecule has 5 heteroatoms. The first-order valence-electron chi connectivity index (χ1n) is 9.05. The number of aromatic nitrogens is 3. The van der Waals surface area contributed by atoms with Gasteiger partial charge in [-0.05, 0) is 43.0 Å². The number of pyridine rings is 1. The van der Waals surface area contributed by atoms with E-state index in [1.165, 1.54) is 5.56 Å². The van der Waals surface area contributed by atoms with E-state index in [0.29, 0.717) is 22.8 Å². The Hall–Kier alpha value is -3.34. The highest BCUT2D eigenvalue weighted by molar-refractivity contribution is 6.02. The van der Waals surface area contributed by atoms with Crippen molar-refractivity contribution in [3.8, 4) is 11.4 Å². The van der Waals surface area contributed by atoms with Crippen molar-refractivity contribution in [2.24, 2.45) is 0 Å². The number of benzene rings is 2. The number of unbranched alkanes of at least 4 members (excludes halogenated alkanes) is 1. The van der Waals surface area contributed by atoms with Crippen LogP contribution in [0.15, 0.2) is 65.3 Å². The maximum Gasteiger partial charge on any atom is 0.226 e. The Bertz CT molecular complexity index is 1060. The van der Waals surface area contributed by atoms with Gasteiger partial charge in [0.05, 0.1) is 5.52 Å². The normalized spacial score (nSPS) is 11.0. The van der Waals surface area contributed by atoms with Crippen LogP contribution in [0.5, 0.6) is 0 Å². The molecule has 2 heterocycles. The maximum absolute atomic E-state index is 11.2. The van der Waals surface area contributed by atoms with Crippen LogP contribution in [0.1, 0.15) is 34.7 Å². The number of aryl methyl sites for hydroxylation is 2. The highest BCUT2D eigenvalue weighted by atomic mass is 16.5. The van der Waals surface area contributed by atoms with Crippen molar-refractivity contribution < 1.29 is 9.32 Å². The van der Waals surface area contributed by atoms with Gasteiger partial charge >= 0.3 is 0 Å². The molecule has 0 saturated carbocycles. The van der Waals surface area contributed by atoms with Crippen LogP contribution in [0.4, 0.5) is 0 Å². The van der Waals surface area contributed by atoms with Crippen LogP contribution >= 0.6 is 0 Å². The highest BCUT2D eigenvalue weighted by Crippen LogP contribution is 2.27. The quantitative estimate of drug-likeness (QED) is 0.355. The zero-order chi connectivity index (χ0) is 18.5. The first-order chi connectivity index (χ1) is 13.3. The van der Waals surface area contributed by atoms with Crippen LogP contribution in [0.25, 0.3) is 22.3 Å². The summed E-state index contributed by atoms with van der Waals surface area (Å²) in [6, 6.07) is 17.8. The summed E-state index contributed by atoms with van der Waals surface area (Å²) in [5.41, 5.74) is 3.37. The van der Waals surface area contributed by atoms with Crippen molar-refractivity contribution in [1.29, 1.82) is 0 Å². The van der Waals surface area contributed by atoms with E-state index in [1.807, 2.05) is 24.3 Å². The molecule has 2 aromatic carbocycles. The Labute approximate surface area is 157 Å². The summed E-state index contributed by atoms with van der Waals surface area (Å²) in [6.45, 7) is 0. The van der Waals surface area contributed by atoms with Crippen molar-refractivity contribution in [2.45, 2.75) is 25.7 Å². The number of fused-ring (bicyclic) bond motifs is 1. The lowest BCUT2D eigenvalue weighted by molar-refractivity contribution is 0.112. The van der Waals surface area contributed by atoms with Gasteiger partial charge in [0.15, 0.2) is 6.29 Å². The topological polar surface area (TPSA) is 68.9 Å². The first kappa shape index (κ1) is 17.1. The third kappa shape index (κ3) is 3.77. The van der Waals surface area contributed by atoms with E-state index in [9.17, 15) is 4.79 Å². The van der Waals surface area contributed by atoms with E-state index in [4.69, 9.17) is 4.52 Å². The van der Waals surface area contributed by atoms with Crippen LogP contribution < -0.4 is 0 Å². The SMILES string of the molecule is O=Cc1ccc(-c2noc(CCCCc3ccccc3)n2)c2cccnc12. The molecule has 0 saturated heterocycles. The van der Waals surface area contributed by atoms with Crippen molar-refractivity contribution in [3.05, 3.63) is 77.8 Å². The molecule has 2 aromatic heterocycles. The number of carbonyl (C=O) groups is 1. The maximum atomic E-state index is 11.2. The lowest BCUT2D eigenvalue weighted by atomic mass is 10.0. The van der Waals surface area contributed by atoms with E-state index in [1.54, 1.807) is 12.3 Å². The molecule has 0 aliphatic heterocycles. The third-order valence-corrected chi connectivity index (χ3v) is 4.59. The van der Waals surface area contributed by atoms with Gasteiger partial charge in [-0.15, -0.1) is 0 Å². The summed E-state index contributed by atoms with van der Waals surface area (Å²) < 4.78 is 5.43. The molecule has 4 aromatic rings. The minimum atomic E-state index is 0.531. The molecule has 0 amide bonds. The van der Waals surface area contributed by atoms with Gasteiger partial charge in [0.1, 0.15) is 0 Å². The highest BCUT2D eigenvalue weighted by Gasteiger charge is 2.14. The fourth-order valence-electron chi connectivity index (χ4n) is 3.20. The monoisotopic (exact) mass is 357 g/mol. The smallest absolute Gasteiger partial charge is 0.226 e. The largest absolute Gasteiger partial charge is 0.339 e. The summed E-state index contributed by atoms with van der Waals surface area (Å²) in [4.78, 5) is 20.1. The molecule has 0 N–H and O–H groups in total. The van der Waals surface area contributed by atoms with E-state index >= 15 is 0 Å². The van der Waals surface area contributed by atoms with Gasteiger partial charge in [-0.1, -0.05) is 41.6 Å². The Morgan fingerprint density at radius 3 is 2.63 bits per heavy atom. The Balaban J connectivity index is 1.47. The van der Waals surface area contributed by atoms with Crippen LogP contribution in [0.3, 0.4) is 0 Å². The second-order valence-electron chi connectivity index (χ2n) is 6.42. The van der Waals surface area contributed by atoms with Gasteiger partial charge in [0, 0.05) is 29.1 Å². The molecular weight excluding hydrogens is 338 g/mol. The summed E-state index contributed by atoms with van der Waals surface area (Å²) in [5, 5.41) is 4.97. The second kappa shape index (κ2) is 7.91. The van der Waals surface area contributed by atoms with Gasteiger partial charge in [0.2, 0.25) is 11.7 Å². The first-order valence-corrected chi connectivity index (χ1v) is 9.05. The number of aldehydes is 1. The van der Waals surface area contributed by atoms with Gasteiger partial charge in [-0.2, -0.15) is 4.98 Å². The Morgan fingerprint density at radius 1 is 0.926 bits per heavy atom. The second-order valence-corrected chi connectivity index (χ2v) is 6.42.